The first-order valence-corrected chi connectivity index (χ1v) is 3.79. The maximum Gasteiger partial charge on any atom is 1.00 e. The van der Waals surface area contributed by atoms with Crippen LogP contribution < -0.4 is 67.0 Å². The van der Waals surface area contributed by atoms with Crippen molar-refractivity contribution in [1.29, 1.82) is 0 Å². The summed E-state index contributed by atoms with van der Waals surface area (Å²) in [5.41, 5.74) is 3.03. The minimum atomic E-state index is -1.39. The summed E-state index contributed by atoms with van der Waals surface area (Å²) in [5.74, 6) is -2.14. The van der Waals surface area contributed by atoms with Gasteiger partial charge in [-0.2, -0.15) is 0 Å². The Kier molecular flexibility index (Phi) is 6.82. The van der Waals surface area contributed by atoms with Crippen molar-refractivity contribution in [2.24, 2.45) is 0 Å². The summed E-state index contributed by atoms with van der Waals surface area (Å²) in [7, 11) is 0. The van der Waals surface area contributed by atoms with Gasteiger partial charge in [-0.05, 0) is 12.1 Å². The number of carbonyl (C=O) groups excluding carboxylic acids is 2. The Balaban J connectivity index is 0.00000196. The van der Waals surface area contributed by atoms with Gasteiger partial charge in [0.1, 0.15) is 5.75 Å². The van der Waals surface area contributed by atoms with Crippen molar-refractivity contribution in [3.05, 3.63) is 36.4 Å². The van der Waals surface area contributed by atoms with Gasteiger partial charge in [0.2, 0.25) is 5.97 Å². The fraction of sp³-hybridized carbons (Fsp3) is 0. The molecule has 15 heavy (non-hydrogen) atoms. The zero-order valence-electron chi connectivity index (χ0n) is 8.23. The molecule has 0 aliphatic carbocycles. The van der Waals surface area contributed by atoms with Crippen LogP contribution >= 0.6 is 0 Å². The van der Waals surface area contributed by atoms with E-state index in [4.69, 9.17) is 0 Å². The minimum Gasteiger partial charge on any atom is -0.545 e. The summed E-state index contributed by atoms with van der Waals surface area (Å²) in [6.07, 6.45) is 0. The van der Waals surface area contributed by atoms with Gasteiger partial charge < -0.3 is 20.4 Å². The molecule has 0 heterocycles. The van der Waals surface area contributed by atoms with E-state index in [1.54, 1.807) is 6.07 Å². The summed E-state index contributed by atoms with van der Waals surface area (Å²) in [6, 6.07) is 5.72. The van der Waals surface area contributed by atoms with Crippen LogP contribution in [0.1, 0.15) is 10.4 Å². The minimum absolute atomic E-state index is 0. The molecule has 1 aromatic rings. The van der Waals surface area contributed by atoms with Gasteiger partial charge in [0.25, 0.3) is 0 Å². The third-order valence-electron chi connectivity index (χ3n) is 1.48. The molecule has 0 saturated heterocycles. The molecule has 74 valence electrons. The normalized spacial score (nSPS) is 8.60. The van der Waals surface area contributed by atoms with Crippen molar-refractivity contribution in [2.45, 2.75) is 0 Å². The Bertz CT molecular complexity index is 367. The molecule has 1 rings (SSSR count). The molecule has 3 N–H and O–H groups in total. The SMILES string of the molecule is [K+].[NH3+][CH-]C(=O)Oc1ccccc1C(=O)[O-]. The van der Waals surface area contributed by atoms with Gasteiger partial charge in [0.05, 0.1) is 5.97 Å². The summed E-state index contributed by atoms with van der Waals surface area (Å²) in [6.45, 7) is 0.950. The number of ether oxygens (including phenoxy) is 1. The van der Waals surface area contributed by atoms with Crippen LogP contribution in [0.5, 0.6) is 5.75 Å². The molecule has 0 amide bonds. The van der Waals surface area contributed by atoms with E-state index in [1.807, 2.05) is 0 Å². The molecule has 0 spiro atoms. The Morgan fingerprint density at radius 2 is 1.93 bits per heavy atom. The second-order valence-corrected chi connectivity index (χ2v) is 2.41. The molecule has 0 aliphatic heterocycles. The summed E-state index contributed by atoms with van der Waals surface area (Å²) in [5, 5.41) is 10.6. The van der Waals surface area contributed by atoms with E-state index in [9.17, 15) is 14.7 Å². The van der Waals surface area contributed by atoms with Crippen LogP contribution in [0.4, 0.5) is 0 Å². The zero-order chi connectivity index (χ0) is 10.6. The molecule has 0 fully saturated rings. The third-order valence-corrected chi connectivity index (χ3v) is 1.48. The van der Waals surface area contributed by atoms with Gasteiger partial charge in [-0.1, -0.05) is 18.7 Å². The Hall–Kier alpha value is -0.374. The van der Waals surface area contributed by atoms with Gasteiger partial charge >= 0.3 is 51.4 Å². The molecule has 0 atom stereocenters. The number of para-hydroxylation sites is 1. The summed E-state index contributed by atoms with van der Waals surface area (Å²) < 4.78 is 4.68. The zero-order valence-corrected chi connectivity index (χ0v) is 11.3. The predicted octanol–water partition coefficient (Wildman–Crippen LogP) is -4.64. The van der Waals surface area contributed by atoms with Gasteiger partial charge in [0, 0.05) is 5.56 Å². The molecule has 0 radical (unpaired) electrons. The number of carboxylic acid groups (broad SMARTS) is 1. The second-order valence-electron chi connectivity index (χ2n) is 2.41. The van der Waals surface area contributed by atoms with Crippen LogP contribution in [0.25, 0.3) is 0 Å². The van der Waals surface area contributed by atoms with Crippen molar-refractivity contribution in [3.63, 3.8) is 0 Å². The molecular weight excluding hydrogens is 225 g/mol. The summed E-state index contributed by atoms with van der Waals surface area (Å²) in [4.78, 5) is 21.4. The maximum absolute atomic E-state index is 10.8. The number of esters is 1. The van der Waals surface area contributed by atoms with Crippen LogP contribution in [0.3, 0.4) is 0 Å². The number of hydrogen-bond donors (Lipinski definition) is 1. The van der Waals surface area contributed by atoms with Crippen molar-refractivity contribution in [3.8, 4) is 5.75 Å². The molecule has 0 unspecified atom stereocenters. The molecule has 1 aromatic carbocycles. The van der Waals surface area contributed by atoms with Crippen LogP contribution in [0, 0.1) is 6.54 Å². The first-order valence-electron chi connectivity index (χ1n) is 3.79. The van der Waals surface area contributed by atoms with Crippen LogP contribution in [-0.4, -0.2) is 11.9 Å². The standard InChI is InChI=1S/C9H9NO4.K/c10-5-8(11)14-7-4-2-1-3-6(7)9(12)13;/h1-5H,10H3,(H,12,13);/q;+1/p-1. The Morgan fingerprint density at radius 3 is 2.47 bits per heavy atom. The quantitative estimate of drug-likeness (QED) is 0.246. The second kappa shape index (κ2) is 6.99. The van der Waals surface area contributed by atoms with Gasteiger partial charge in [-0.25, -0.2) is 0 Å². The van der Waals surface area contributed by atoms with Gasteiger partial charge in [0.15, 0.2) is 0 Å². The number of rotatable bonds is 3. The molecule has 0 aliphatic rings. The Labute approximate surface area is 129 Å². The molecular formula is C9H8KNO4. The number of carboxylic acids is 1. The van der Waals surface area contributed by atoms with Crippen molar-refractivity contribution in [2.75, 3.05) is 0 Å². The van der Waals surface area contributed by atoms with E-state index in [-0.39, 0.29) is 62.7 Å². The fourth-order valence-electron chi connectivity index (χ4n) is 0.874. The third kappa shape index (κ3) is 4.33. The van der Waals surface area contributed by atoms with Gasteiger partial charge in [-0.15, -0.1) is 0 Å². The molecule has 5 nitrogen and oxygen atoms in total. The van der Waals surface area contributed by atoms with E-state index >= 15 is 0 Å². The number of aromatic carboxylic acids is 1. The van der Waals surface area contributed by atoms with E-state index in [1.165, 1.54) is 18.2 Å². The van der Waals surface area contributed by atoms with E-state index < -0.39 is 11.9 Å². The number of benzene rings is 1. The summed E-state index contributed by atoms with van der Waals surface area (Å²) >= 11 is 0. The van der Waals surface area contributed by atoms with Crippen molar-refractivity contribution in [1.82, 2.24) is 0 Å². The Morgan fingerprint density at radius 1 is 1.33 bits per heavy atom. The molecule has 0 saturated carbocycles. The van der Waals surface area contributed by atoms with Crippen molar-refractivity contribution < 1.29 is 76.6 Å². The van der Waals surface area contributed by atoms with Crippen molar-refractivity contribution >= 4 is 11.9 Å². The van der Waals surface area contributed by atoms with Crippen LogP contribution in [0.15, 0.2) is 24.3 Å². The van der Waals surface area contributed by atoms with E-state index in [2.05, 4.69) is 10.5 Å². The average molecular weight is 233 g/mol. The molecule has 0 bridgehead atoms. The first kappa shape index (κ1) is 14.6. The average Bonchev–Trinajstić information content (AvgIpc) is 2.18. The molecule has 6 heteroatoms. The van der Waals surface area contributed by atoms with E-state index in [0.29, 0.717) is 0 Å². The monoisotopic (exact) mass is 233 g/mol. The smallest absolute Gasteiger partial charge is 0.545 e. The maximum atomic E-state index is 10.8. The topological polar surface area (TPSA) is 94.1 Å². The fourth-order valence-corrected chi connectivity index (χ4v) is 0.874. The number of carbonyl (C=O) groups is 2. The van der Waals surface area contributed by atoms with Crippen LogP contribution in [0.2, 0.25) is 0 Å². The van der Waals surface area contributed by atoms with Gasteiger partial charge in [-0.3, -0.25) is 4.79 Å². The van der Waals surface area contributed by atoms with Crippen LogP contribution in [-0.2, 0) is 4.79 Å². The molecule has 0 aromatic heterocycles. The largest absolute Gasteiger partial charge is 1.00 e. The predicted molar refractivity (Wildman–Crippen MR) is 43.6 cm³/mol. The first-order chi connectivity index (χ1) is 6.65. The number of hydrogen-bond acceptors (Lipinski definition) is 4. The van der Waals surface area contributed by atoms with E-state index in [0.717, 1.165) is 6.54 Å². The number of quaternary nitrogens is 1.